The highest BCUT2D eigenvalue weighted by Gasteiger charge is 2.30. The average Bonchev–Trinajstić information content (AvgIpc) is 3.34. The number of anilines is 2. The Morgan fingerprint density at radius 2 is 1.87 bits per heavy atom. The van der Waals surface area contributed by atoms with Gasteiger partial charge in [0.25, 0.3) is 5.91 Å². The number of ether oxygens (including phenoxy) is 1. The normalized spacial score (nSPS) is 15.0. The predicted octanol–water partition coefficient (Wildman–Crippen LogP) is 5.38. The average molecular weight is 651 g/mol. The van der Waals surface area contributed by atoms with Crippen LogP contribution < -0.4 is 15.8 Å². The molecule has 0 spiro atoms. The summed E-state index contributed by atoms with van der Waals surface area (Å²) in [6, 6.07) is 9.31. The van der Waals surface area contributed by atoms with Gasteiger partial charge in [0, 0.05) is 24.2 Å². The molecule has 2 aromatic heterocycles. The lowest BCUT2D eigenvalue weighted by Crippen LogP contribution is -2.34. The molecule has 0 radical (unpaired) electrons. The highest BCUT2D eigenvalue weighted by atomic mass is 127. The van der Waals surface area contributed by atoms with Crippen molar-refractivity contribution in [3.63, 3.8) is 0 Å². The van der Waals surface area contributed by atoms with Crippen molar-refractivity contribution in [1.29, 1.82) is 0 Å². The third-order valence-corrected chi connectivity index (χ3v) is 7.75. The molecule has 1 aliphatic rings. The van der Waals surface area contributed by atoms with Gasteiger partial charge in [-0.25, -0.2) is 14.6 Å². The molecule has 0 unspecified atom stereocenters. The number of piperidine rings is 1. The Kier molecular flexibility index (Phi) is 7.62. The van der Waals surface area contributed by atoms with Crippen LogP contribution in [0.1, 0.15) is 34.8 Å². The number of benzene rings is 2. The largest absolute Gasteiger partial charge is 0.495 e. The summed E-state index contributed by atoms with van der Waals surface area (Å²) in [5, 5.41) is 8.26. The molecule has 204 valence electrons. The number of nitrogens with zero attached hydrogens (tertiary/aromatic N) is 5. The third-order valence-electron chi connectivity index (χ3n) is 6.79. The molecule has 1 amide bonds. The van der Waals surface area contributed by atoms with Crippen molar-refractivity contribution < 1.29 is 22.7 Å². The van der Waals surface area contributed by atoms with E-state index in [0.717, 1.165) is 54.7 Å². The van der Waals surface area contributed by atoms with Gasteiger partial charge in [-0.2, -0.15) is 18.3 Å². The summed E-state index contributed by atoms with van der Waals surface area (Å²) in [6.45, 7) is 1.93. The number of fused-ring (bicyclic) bond motifs is 1. The maximum Gasteiger partial charge on any atom is 0.416 e. The molecule has 1 fully saturated rings. The maximum absolute atomic E-state index is 12.9. The van der Waals surface area contributed by atoms with Crippen molar-refractivity contribution in [3.8, 4) is 17.0 Å². The molecule has 0 atom stereocenters. The van der Waals surface area contributed by atoms with E-state index >= 15 is 0 Å². The first kappa shape index (κ1) is 27.1. The molecule has 0 saturated carbocycles. The lowest BCUT2D eigenvalue weighted by molar-refractivity contribution is -0.137. The highest BCUT2D eigenvalue weighted by Crippen LogP contribution is 2.37. The molecule has 39 heavy (non-hydrogen) atoms. The van der Waals surface area contributed by atoms with Crippen molar-refractivity contribution in [1.82, 2.24) is 24.6 Å². The van der Waals surface area contributed by atoms with Gasteiger partial charge in [0.05, 0.1) is 34.3 Å². The molecule has 2 aromatic carbocycles. The molecule has 4 aromatic rings. The number of methoxy groups -OCH3 is 1. The van der Waals surface area contributed by atoms with Gasteiger partial charge in [0.2, 0.25) is 0 Å². The number of carbonyl (C=O) groups is 1. The van der Waals surface area contributed by atoms with Crippen LogP contribution in [0.15, 0.2) is 48.8 Å². The minimum atomic E-state index is -4.48. The number of hydrogen-bond acceptors (Lipinski definition) is 7. The monoisotopic (exact) mass is 651 g/mol. The highest BCUT2D eigenvalue weighted by molar-refractivity contribution is 14.1. The van der Waals surface area contributed by atoms with E-state index in [2.05, 4.69) is 42.8 Å². The number of nitrogen functional groups attached to an aromatic ring is 1. The Morgan fingerprint density at radius 3 is 2.51 bits per heavy atom. The van der Waals surface area contributed by atoms with E-state index in [1.165, 1.54) is 13.4 Å². The standard InChI is InChI=1S/C26H25F3IN7O2/c1-39-20-12-16(4-7-19(20)34-25(38)15-2-5-17(6-3-15)26(27,28)29)22-21-23(31)32-14-33-24(21)37(35-22)18-8-10-36(13-30)11-9-18/h2-7,12,14,18H,8-11,13H2,1H3,(H,34,38)(H2,31,32,33). The summed E-state index contributed by atoms with van der Waals surface area (Å²) < 4.78 is 47.0. The van der Waals surface area contributed by atoms with E-state index in [1.54, 1.807) is 18.2 Å². The summed E-state index contributed by atoms with van der Waals surface area (Å²) >= 11 is 2.37. The molecule has 3 heterocycles. The van der Waals surface area contributed by atoms with Crippen molar-refractivity contribution in [2.75, 3.05) is 35.8 Å². The Morgan fingerprint density at radius 1 is 1.15 bits per heavy atom. The van der Waals surface area contributed by atoms with Crippen LogP contribution in [0.3, 0.4) is 0 Å². The first-order valence-electron chi connectivity index (χ1n) is 12.1. The van der Waals surface area contributed by atoms with Crippen LogP contribution in [0.2, 0.25) is 0 Å². The lowest BCUT2D eigenvalue weighted by atomic mass is 10.1. The zero-order valence-electron chi connectivity index (χ0n) is 20.9. The number of carbonyl (C=O) groups excluding carboxylic acids is 1. The summed E-state index contributed by atoms with van der Waals surface area (Å²) in [5.74, 6) is 0.0887. The molecule has 9 nitrogen and oxygen atoms in total. The minimum absolute atomic E-state index is 0.0809. The number of likely N-dealkylation sites (tertiary alicyclic amines) is 1. The molecule has 1 aliphatic heterocycles. The summed E-state index contributed by atoms with van der Waals surface area (Å²) in [5.41, 5.74) is 7.82. The van der Waals surface area contributed by atoms with Crippen LogP contribution >= 0.6 is 22.6 Å². The molecular formula is C26H25F3IN7O2. The number of amides is 1. The number of alkyl halides is 4. The Labute approximate surface area is 235 Å². The Hall–Kier alpha value is -3.46. The molecule has 0 bridgehead atoms. The zero-order valence-corrected chi connectivity index (χ0v) is 23.0. The smallest absolute Gasteiger partial charge is 0.416 e. The number of nitrogens with one attached hydrogen (secondary N) is 1. The number of rotatable bonds is 6. The zero-order chi connectivity index (χ0) is 27.7. The fourth-order valence-electron chi connectivity index (χ4n) is 4.68. The first-order chi connectivity index (χ1) is 18.7. The second-order valence-corrected chi connectivity index (χ2v) is 9.85. The molecule has 13 heteroatoms. The van der Waals surface area contributed by atoms with E-state index in [0.29, 0.717) is 39.5 Å². The van der Waals surface area contributed by atoms with Gasteiger partial charge in [0.15, 0.2) is 5.65 Å². The van der Waals surface area contributed by atoms with Gasteiger partial charge in [-0.1, -0.05) is 28.7 Å². The minimum Gasteiger partial charge on any atom is -0.495 e. The van der Waals surface area contributed by atoms with Crippen molar-refractivity contribution in [3.05, 3.63) is 59.9 Å². The van der Waals surface area contributed by atoms with Gasteiger partial charge in [0.1, 0.15) is 23.6 Å². The molecule has 0 aliphatic carbocycles. The van der Waals surface area contributed by atoms with E-state index in [-0.39, 0.29) is 11.6 Å². The van der Waals surface area contributed by atoms with E-state index < -0.39 is 17.6 Å². The van der Waals surface area contributed by atoms with Gasteiger partial charge in [-0.05, 0) is 49.2 Å². The van der Waals surface area contributed by atoms with E-state index in [4.69, 9.17) is 15.6 Å². The number of nitrogens with two attached hydrogens (primary N) is 1. The van der Waals surface area contributed by atoms with Crippen LogP contribution in [0.4, 0.5) is 24.7 Å². The molecular weight excluding hydrogens is 626 g/mol. The maximum atomic E-state index is 12.9. The fourth-order valence-corrected chi connectivity index (χ4v) is 5.36. The topological polar surface area (TPSA) is 111 Å². The van der Waals surface area contributed by atoms with E-state index in [1.807, 2.05) is 4.68 Å². The number of hydrogen-bond donors (Lipinski definition) is 2. The second-order valence-electron chi connectivity index (χ2n) is 9.16. The number of halogens is 4. The van der Waals surface area contributed by atoms with Gasteiger partial charge >= 0.3 is 6.18 Å². The summed E-state index contributed by atoms with van der Waals surface area (Å²) in [7, 11) is 1.46. The van der Waals surface area contributed by atoms with Crippen molar-refractivity contribution in [2.45, 2.75) is 25.1 Å². The summed E-state index contributed by atoms with van der Waals surface area (Å²) in [6.07, 6.45) is -1.19. The second kappa shape index (κ2) is 11.0. The predicted molar refractivity (Wildman–Crippen MR) is 150 cm³/mol. The SMILES string of the molecule is COc1cc(-c2nn(C3CCN(CI)CC3)c3ncnc(N)c23)ccc1NC(=O)c1ccc(C(F)(F)F)cc1. The summed E-state index contributed by atoms with van der Waals surface area (Å²) in [4.78, 5) is 23.8. The van der Waals surface area contributed by atoms with Gasteiger partial charge < -0.3 is 15.8 Å². The lowest BCUT2D eigenvalue weighted by Gasteiger charge is -2.30. The molecule has 5 rings (SSSR count). The van der Waals surface area contributed by atoms with Crippen LogP contribution in [-0.2, 0) is 6.18 Å². The van der Waals surface area contributed by atoms with E-state index in [9.17, 15) is 18.0 Å². The quantitative estimate of drug-likeness (QED) is 0.164. The van der Waals surface area contributed by atoms with Crippen molar-refractivity contribution >= 4 is 51.0 Å². The Bertz CT molecular complexity index is 1500. The molecule has 1 saturated heterocycles. The van der Waals surface area contributed by atoms with Crippen LogP contribution in [0, 0.1) is 0 Å². The number of aromatic nitrogens is 4. The van der Waals surface area contributed by atoms with Crippen molar-refractivity contribution in [2.24, 2.45) is 0 Å². The van der Waals surface area contributed by atoms with Gasteiger partial charge in [-0.15, -0.1) is 0 Å². The molecule has 3 N–H and O–H groups in total. The third kappa shape index (κ3) is 5.50. The van der Waals surface area contributed by atoms with Crippen LogP contribution in [0.25, 0.3) is 22.3 Å². The van der Waals surface area contributed by atoms with Crippen LogP contribution in [0.5, 0.6) is 5.75 Å². The first-order valence-corrected chi connectivity index (χ1v) is 13.7. The Balaban J connectivity index is 1.45. The fraction of sp³-hybridized carbons (Fsp3) is 0.308. The van der Waals surface area contributed by atoms with Gasteiger partial charge in [-0.3, -0.25) is 9.69 Å². The van der Waals surface area contributed by atoms with Crippen LogP contribution in [-0.4, -0.2) is 55.3 Å².